The number of rotatable bonds is 5. The van der Waals surface area contributed by atoms with E-state index in [2.05, 4.69) is 6.92 Å². The Morgan fingerprint density at radius 2 is 2.00 bits per heavy atom. The lowest BCUT2D eigenvalue weighted by molar-refractivity contribution is 0.587. The van der Waals surface area contributed by atoms with Crippen molar-refractivity contribution in [1.82, 2.24) is 0 Å². The van der Waals surface area contributed by atoms with E-state index in [1.54, 1.807) is 12.1 Å². The molecule has 19 heavy (non-hydrogen) atoms. The van der Waals surface area contributed by atoms with Gasteiger partial charge in [-0.15, -0.1) is 0 Å². The summed E-state index contributed by atoms with van der Waals surface area (Å²) in [4.78, 5) is 0. The van der Waals surface area contributed by atoms with E-state index in [-0.39, 0.29) is 19.6 Å². The van der Waals surface area contributed by atoms with Crippen molar-refractivity contribution in [3.05, 3.63) is 34.6 Å². The first-order valence-electron chi connectivity index (χ1n) is 7.49. The van der Waals surface area contributed by atoms with E-state index in [0.29, 0.717) is 5.92 Å². The summed E-state index contributed by atoms with van der Waals surface area (Å²) in [6.45, 7) is 2.27. The standard InChI is InChI=1S/C16H23ClFSi/c1-2-3-4-9-19-10-7-13(8-11-19)14-5-6-15(17)16(18)12-14/h5-6,12-13H,2-4,7-11H2,1H3. The van der Waals surface area contributed by atoms with Crippen molar-refractivity contribution in [2.75, 3.05) is 0 Å². The van der Waals surface area contributed by atoms with Crippen LogP contribution in [-0.4, -0.2) is 8.80 Å². The third kappa shape index (κ3) is 4.32. The summed E-state index contributed by atoms with van der Waals surface area (Å²) in [5.41, 5.74) is 1.15. The fourth-order valence-corrected chi connectivity index (χ4v) is 6.13. The monoisotopic (exact) mass is 297 g/mol. The van der Waals surface area contributed by atoms with Crippen LogP contribution in [0.15, 0.2) is 18.2 Å². The van der Waals surface area contributed by atoms with Gasteiger partial charge in [0.15, 0.2) is 0 Å². The van der Waals surface area contributed by atoms with E-state index in [0.717, 1.165) is 5.56 Å². The van der Waals surface area contributed by atoms with Crippen molar-refractivity contribution in [2.24, 2.45) is 0 Å². The van der Waals surface area contributed by atoms with Crippen LogP contribution in [-0.2, 0) is 0 Å². The summed E-state index contributed by atoms with van der Waals surface area (Å²) in [7, 11) is -0.0979. The largest absolute Gasteiger partial charge is 0.205 e. The van der Waals surface area contributed by atoms with Crippen molar-refractivity contribution in [3.8, 4) is 0 Å². The second-order valence-corrected chi connectivity index (χ2v) is 9.06. The molecule has 0 saturated carbocycles. The Labute approximate surface area is 123 Å². The van der Waals surface area contributed by atoms with E-state index in [4.69, 9.17) is 11.6 Å². The predicted molar refractivity (Wildman–Crippen MR) is 83.1 cm³/mol. The highest BCUT2D eigenvalue weighted by molar-refractivity contribution is 6.59. The summed E-state index contributed by atoms with van der Waals surface area (Å²) in [6.07, 6.45) is 6.63. The van der Waals surface area contributed by atoms with Crippen LogP contribution in [0.3, 0.4) is 0 Å². The minimum atomic E-state index is -0.266. The van der Waals surface area contributed by atoms with Gasteiger partial charge in [-0.05, 0) is 36.5 Å². The topological polar surface area (TPSA) is 0 Å². The molecule has 0 N–H and O–H groups in total. The van der Waals surface area contributed by atoms with Crippen molar-refractivity contribution >= 4 is 20.4 Å². The first kappa shape index (κ1) is 15.1. The maximum atomic E-state index is 13.5. The molecule has 1 fully saturated rings. The van der Waals surface area contributed by atoms with E-state index < -0.39 is 0 Å². The highest BCUT2D eigenvalue weighted by atomic mass is 35.5. The lowest BCUT2D eigenvalue weighted by Gasteiger charge is -2.27. The molecule has 105 valence electrons. The average Bonchev–Trinajstić information content (AvgIpc) is 2.43. The van der Waals surface area contributed by atoms with Gasteiger partial charge in [0.05, 0.1) is 5.02 Å². The van der Waals surface area contributed by atoms with Gasteiger partial charge in [0, 0.05) is 8.80 Å². The molecule has 1 radical (unpaired) electrons. The highest BCUT2D eigenvalue weighted by Crippen LogP contribution is 2.36. The van der Waals surface area contributed by atoms with Gasteiger partial charge in [-0.3, -0.25) is 0 Å². The van der Waals surface area contributed by atoms with Gasteiger partial charge >= 0.3 is 0 Å². The van der Waals surface area contributed by atoms with E-state index in [1.807, 2.05) is 6.07 Å². The molecule has 0 atom stereocenters. The number of unbranched alkanes of at least 4 members (excludes halogenated alkanes) is 2. The molecule has 0 aromatic heterocycles. The van der Waals surface area contributed by atoms with Crippen LogP contribution in [0.5, 0.6) is 0 Å². The molecule has 0 unspecified atom stereocenters. The molecule has 0 spiro atoms. The van der Waals surface area contributed by atoms with Crippen molar-refractivity contribution in [1.29, 1.82) is 0 Å². The zero-order valence-electron chi connectivity index (χ0n) is 11.7. The second kappa shape index (κ2) is 7.44. The minimum Gasteiger partial charge on any atom is -0.205 e. The summed E-state index contributed by atoms with van der Waals surface area (Å²) < 4.78 is 13.5. The lowest BCUT2D eigenvalue weighted by Crippen LogP contribution is -2.20. The molecule has 1 aliphatic heterocycles. The quantitative estimate of drug-likeness (QED) is 0.459. The lowest BCUT2D eigenvalue weighted by atomic mass is 9.93. The summed E-state index contributed by atoms with van der Waals surface area (Å²) in [6, 6.07) is 9.65. The van der Waals surface area contributed by atoms with Crippen LogP contribution in [0.4, 0.5) is 4.39 Å². The fraction of sp³-hybridized carbons (Fsp3) is 0.625. The SMILES string of the molecule is CCCCC[Si]1CCC(c2ccc(Cl)c(F)c2)CC1. The third-order valence-corrected chi connectivity index (χ3v) is 7.60. The molecule has 0 aliphatic carbocycles. The molecule has 1 aromatic rings. The van der Waals surface area contributed by atoms with Crippen LogP contribution in [0.1, 0.15) is 50.5 Å². The van der Waals surface area contributed by atoms with Crippen LogP contribution < -0.4 is 0 Å². The number of halogens is 2. The molecule has 1 heterocycles. The van der Waals surface area contributed by atoms with Crippen LogP contribution in [0.25, 0.3) is 0 Å². The summed E-state index contributed by atoms with van der Waals surface area (Å²) >= 11 is 5.74. The molecule has 2 rings (SSSR count). The predicted octanol–water partition coefficient (Wildman–Crippen LogP) is 6.04. The molecule has 1 saturated heterocycles. The molecule has 0 nitrogen and oxygen atoms in total. The van der Waals surface area contributed by atoms with Crippen molar-refractivity contribution in [3.63, 3.8) is 0 Å². The first-order chi connectivity index (χ1) is 9.20. The van der Waals surface area contributed by atoms with Crippen molar-refractivity contribution < 1.29 is 4.39 Å². The first-order valence-corrected chi connectivity index (χ1v) is 9.99. The fourth-order valence-electron chi connectivity index (χ4n) is 3.00. The Morgan fingerprint density at radius 1 is 1.26 bits per heavy atom. The second-order valence-electron chi connectivity index (χ2n) is 5.65. The highest BCUT2D eigenvalue weighted by Gasteiger charge is 2.23. The molecule has 0 bridgehead atoms. The Kier molecular flexibility index (Phi) is 5.90. The van der Waals surface area contributed by atoms with Gasteiger partial charge in [0.1, 0.15) is 5.82 Å². The Balaban J connectivity index is 1.84. The van der Waals surface area contributed by atoms with Gasteiger partial charge in [0.25, 0.3) is 0 Å². The zero-order valence-corrected chi connectivity index (χ0v) is 13.5. The Bertz CT molecular complexity index is 400. The van der Waals surface area contributed by atoms with Gasteiger partial charge in [-0.2, -0.15) is 0 Å². The average molecular weight is 298 g/mol. The van der Waals surface area contributed by atoms with Gasteiger partial charge in [-0.1, -0.05) is 62.0 Å². The molecule has 1 aromatic carbocycles. The number of benzene rings is 1. The number of hydrogen-bond donors (Lipinski definition) is 0. The number of hydrogen-bond acceptors (Lipinski definition) is 0. The van der Waals surface area contributed by atoms with Crippen LogP contribution in [0, 0.1) is 5.82 Å². The van der Waals surface area contributed by atoms with Crippen molar-refractivity contribution in [2.45, 2.75) is 63.1 Å². The molecular formula is C16H23ClFSi. The molecule has 0 amide bonds. The van der Waals surface area contributed by atoms with Gasteiger partial charge < -0.3 is 0 Å². The Morgan fingerprint density at radius 3 is 2.63 bits per heavy atom. The summed E-state index contributed by atoms with van der Waals surface area (Å²) in [5.74, 6) is 0.296. The maximum Gasteiger partial charge on any atom is 0.142 e. The van der Waals surface area contributed by atoms with Gasteiger partial charge in [0.2, 0.25) is 0 Å². The van der Waals surface area contributed by atoms with E-state index in [1.165, 1.54) is 50.2 Å². The van der Waals surface area contributed by atoms with E-state index >= 15 is 0 Å². The normalized spacial score (nSPS) is 17.8. The molecular weight excluding hydrogens is 275 g/mol. The molecule has 3 heteroatoms. The van der Waals surface area contributed by atoms with Gasteiger partial charge in [-0.25, -0.2) is 4.39 Å². The smallest absolute Gasteiger partial charge is 0.142 e. The zero-order chi connectivity index (χ0) is 13.7. The van der Waals surface area contributed by atoms with E-state index in [9.17, 15) is 4.39 Å². The third-order valence-electron chi connectivity index (χ3n) is 4.24. The van der Waals surface area contributed by atoms with Crippen LogP contribution in [0.2, 0.25) is 23.2 Å². The summed E-state index contributed by atoms with van der Waals surface area (Å²) in [5, 5.41) is 0.240. The minimum absolute atomic E-state index is 0.0979. The maximum absolute atomic E-state index is 13.5. The van der Waals surface area contributed by atoms with Crippen LogP contribution >= 0.6 is 11.6 Å². The molecule has 1 aliphatic rings. The Hall–Kier alpha value is -0.343.